The van der Waals surface area contributed by atoms with Crippen LogP contribution in [0.4, 0.5) is 10.5 Å². The second kappa shape index (κ2) is 7.86. The van der Waals surface area contributed by atoms with Crippen molar-refractivity contribution in [1.29, 1.82) is 0 Å². The summed E-state index contributed by atoms with van der Waals surface area (Å²) in [4.78, 5) is 22.4. The van der Waals surface area contributed by atoms with Crippen LogP contribution >= 0.6 is 0 Å². The topological polar surface area (TPSA) is 184 Å². The van der Waals surface area contributed by atoms with Crippen molar-refractivity contribution >= 4 is 28.5 Å². The minimum atomic E-state index is -1.97. The van der Waals surface area contributed by atoms with Crippen molar-refractivity contribution in [2.45, 2.75) is 30.7 Å². The molecule has 1 fully saturated rings. The molecule has 1 aliphatic rings. The number of benzene rings is 2. The summed E-state index contributed by atoms with van der Waals surface area (Å²) in [5.41, 5.74) is 9.36. The first-order valence-corrected chi connectivity index (χ1v) is 7.89. The minimum absolute atomic E-state index is 0.00343. The number of aliphatic hydroxyl groups is 3. The largest absolute Gasteiger partial charge is 0.479 e. The van der Waals surface area contributed by atoms with Crippen molar-refractivity contribution < 1.29 is 45.0 Å². The van der Waals surface area contributed by atoms with Crippen LogP contribution in [-0.2, 0) is 9.53 Å². The van der Waals surface area contributed by atoms with Crippen LogP contribution in [0.2, 0.25) is 0 Å². The Hall–Kier alpha value is -3.12. The van der Waals surface area contributed by atoms with Crippen molar-refractivity contribution in [3.63, 3.8) is 0 Å². The number of hydrogen-bond donors (Lipinski definition) is 7. The van der Waals surface area contributed by atoms with Gasteiger partial charge in [-0.05, 0) is 11.5 Å². The van der Waals surface area contributed by atoms with Gasteiger partial charge >= 0.3 is 12.0 Å². The van der Waals surface area contributed by atoms with E-state index in [1.165, 1.54) is 12.1 Å². The zero-order valence-corrected chi connectivity index (χ0v) is 14.0. The van der Waals surface area contributed by atoms with Gasteiger partial charge in [-0.3, -0.25) is 10.9 Å². The van der Waals surface area contributed by atoms with Gasteiger partial charge in [0, 0.05) is 5.39 Å². The van der Waals surface area contributed by atoms with Gasteiger partial charge in [0.25, 0.3) is 0 Å². The summed E-state index contributed by atoms with van der Waals surface area (Å²) in [7, 11) is 0. The average Bonchev–Trinajstić information content (AvgIpc) is 2.74. The molecule has 8 N–H and O–H groups in total. The number of ether oxygens (including phenoxy) is 2. The van der Waals surface area contributed by atoms with Crippen LogP contribution < -0.4 is 21.3 Å². The molecule has 5 atom stereocenters. The first kappa shape index (κ1) is 14.9. The Kier molecular flexibility index (Phi) is 4.18. The Bertz CT molecular complexity index is 1090. The molecule has 1 saturated heterocycles. The Labute approximate surface area is 163 Å². The third kappa shape index (κ3) is 3.77. The average molecular weight is 397 g/mol. The van der Waals surface area contributed by atoms with Crippen LogP contribution in [0.3, 0.4) is 0 Å². The molecule has 1 aliphatic heterocycles. The number of aliphatic hydroxyl groups excluding tert-OH is 3. The maximum Gasteiger partial charge on any atom is 0.335 e. The molecule has 2 aromatic carbocycles. The predicted octanol–water partition coefficient (Wildman–Crippen LogP) is -0.894. The van der Waals surface area contributed by atoms with E-state index < -0.39 is 66.9 Å². The maximum absolute atomic E-state index is 11.3. The van der Waals surface area contributed by atoms with Crippen molar-refractivity contribution in [1.82, 2.24) is 5.43 Å². The number of amides is 2. The fourth-order valence-corrected chi connectivity index (χ4v) is 2.62. The molecule has 11 heteroatoms. The molecule has 0 spiro atoms. The van der Waals surface area contributed by atoms with E-state index in [9.17, 15) is 30.0 Å². The fourth-order valence-electron chi connectivity index (χ4n) is 2.62. The van der Waals surface area contributed by atoms with E-state index in [0.29, 0.717) is 0 Å². The lowest BCUT2D eigenvalue weighted by atomic mass is 9.99. The third-order valence-electron chi connectivity index (χ3n) is 3.97. The van der Waals surface area contributed by atoms with E-state index in [1.54, 1.807) is 0 Å². The van der Waals surface area contributed by atoms with Crippen LogP contribution in [0.25, 0.3) is 10.8 Å². The van der Waals surface area contributed by atoms with Crippen LogP contribution in [-0.4, -0.2) is 63.1 Å². The number of anilines is 1. The standard InChI is InChI=1S/C17H19N3O8/c18-17(26)20-19-9-6-5-7-3-1-2-4-8(7)13(9)27-16-12(23)10(21)11(22)14(28-16)15(24)25/h1-6,10-12,14,16,19,21-23H,(H,24,25)(H3,18,20,26)/t10-,11-,12+,14-,16+/m0/s1/i1D,2D,3D,4D. The molecule has 2 aromatic rings. The summed E-state index contributed by atoms with van der Waals surface area (Å²) < 4.78 is 42.7. The van der Waals surface area contributed by atoms with Gasteiger partial charge in [0.2, 0.25) is 6.29 Å². The van der Waals surface area contributed by atoms with Gasteiger partial charge < -0.3 is 35.6 Å². The number of rotatable bonds is 5. The highest BCUT2D eigenvalue weighted by molar-refractivity contribution is 5.93. The van der Waals surface area contributed by atoms with Crippen molar-refractivity contribution in [3.05, 3.63) is 36.3 Å². The number of carbonyl (C=O) groups is 2. The van der Waals surface area contributed by atoms with E-state index in [-0.39, 0.29) is 22.2 Å². The highest BCUT2D eigenvalue weighted by Gasteiger charge is 2.48. The van der Waals surface area contributed by atoms with Gasteiger partial charge in [-0.1, -0.05) is 30.2 Å². The molecule has 0 aliphatic carbocycles. The van der Waals surface area contributed by atoms with E-state index in [0.717, 1.165) is 0 Å². The highest BCUT2D eigenvalue weighted by atomic mass is 16.7. The summed E-state index contributed by atoms with van der Waals surface area (Å²) in [5.74, 6) is -2.02. The number of nitrogens with two attached hydrogens (primary N) is 1. The summed E-state index contributed by atoms with van der Waals surface area (Å²) in [6.07, 6.45) is -9.74. The van der Waals surface area contributed by atoms with Crippen molar-refractivity contribution in [2.24, 2.45) is 5.73 Å². The molecule has 0 radical (unpaired) electrons. The molecule has 150 valence electrons. The van der Waals surface area contributed by atoms with E-state index in [4.69, 9.17) is 20.7 Å². The number of primary amides is 1. The number of urea groups is 1. The third-order valence-corrected chi connectivity index (χ3v) is 3.97. The number of carbonyl (C=O) groups excluding carboxylic acids is 1. The molecule has 2 amide bonds. The number of aliphatic carboxylic acids is 1. The minimum Gasteiger partial charge on any atom is -0.479 e. The van der Waals surface area contributed by atoms with E-state index in [2.05, 4.69) is 5.43 Å². The molecule has 0 aromatic heterocycles. The first-order valence-electron chi connectivity index (χ1n) is 9.89. The number of hydrogen-bond acceptors (Lipinski definition) is 8. The smallest absolute Gasteiger partial charge is 0.335 e. The molecule has 0 saturated carbocycles. The summed E-state index contributed by atoms with van der Waals surface area (Å²) >= 11 is 0. The molecule has 3 rings (SSSR count). The maximum atomic E-state index is 11.3. The Morgan fingerprint density at radius 2 is 1.86 bits per heavy atom. The van der Waals surface area contributed by atoms with Crippen molar-refractivity contribution in [3.8, 4) is 5.75 Å². The summed E-state index contributed by atoms with van der Waals surface area (Å²) in [6, 6.07) is -0.530. The summed E-state index contributed by atoms with van der Waals surface area (Å²) in [5, 5.41) is 39.1. The van der Waals surface area contributed by atoms with Gasteiger partial charge in [-0.2, -0.15) is 0 Å². The highest BCUT2D eigenvalue weighted by Crippen LogP contribution is 2.36. The predicted molar refractivity (Wildman–Crippen MR) is 95.2 cm³/mol. The number of hydrazine groups is 1. The molecule has 11 nitrogen and oxygen atoms in total. The number of fused-ring (bicyclic) bond motifs is 1. The van der Waals surface area contributed by atoms with Gasteiger partial charge in [0.1, 0.15) is 18.3 Å². The van der Waals surface area contributed by atoms with E-state index in [1.807, 2.05) is 5.43 Å². The molecule has 1 heterocycles. The first-order chi connectivity index (χ1) is 15.0. The molecule has 28 heavy (non-hydrogen) atoms. The molecular weight excluding hydrogens is 374 g/mol. The zero-order valence-electron chi connectivity index (χ0n) is 18.0. The zero-order chi connectivity index (χ0) is 23.9. The van der Waals surface area contributed by atoms with Gasteiger partial charge in [-0.25, -0.2) is 9.59 Å². The Balaban J connectivity index is 2.17. The second-order valence-corrected chi connectivity index (χ2v) is 5.83. The lowest BCUT2D eigenvalue weighted by Gasteiger charge is -2.38. The SMILES string of the molecule is [2H]c1c([2H])c([2H])c2c(O[C@@H]3O[C@H](C(=O)O)[C@@H](O)[C@H](O)[C@H]3O)c(NNC(N)=O)ccc2c1[2H]. The number of carboxylic acid groups (broad SMARTS) is 1. The molecule has 0 bridgehead atoms. The van der Waals surface area contributed by atoms with Crippen LogP contribution in [0.1, 0.15) is 5.48 Å². The fraction of sp³-hybridized carbons (Fsp3) is 0.294. The molecule has 0 unspecified atom stereocenters. The van der Waals surface area contributed by atoms with Gasteiger partial charge in [0.15, 0.2) is 11.9 Å². The number of nitrogens with one attached hydrogen (secondary N) is 2. The summed E-state index contributed by atoms with van der Waals surface area (Å²) in [6.45, 7) is 0. The van der Waals surface area contributed by atoms with Gasteiger partial charge in [-0.15, -0.1) is 0 Å². The van der Waals surface area contributed by atoms with Crippen molar-refractivity contribution in [2.75, 3.05) is 5.43 Å². The lowest BCUT2D eigenvalue weighted by molar-refractivity contribution is -0.270. The van der Waals surface area contributed by atoms with Crippen LogP contribution in [0.5, 0.6) is 5.75 Å². The van der Waals surface area contributed by atoms with Crippen LogP contribution in [0.15, 0.2) is 36.3 Å². The van der Waals surface area contributed by atoms with Crippen LogP contribution in [0, 0.1) is 0 Å². The van der Waals surface area contributed by atoms with E-state index >= 15 is 0 Å². The monoisotopic (exact) mass is 397 g/mol. The second-order valence-electron chi connectivity index (χ2n) is 5.83. The Morgan fingerprint density at radius 3 is 2.54 bits per heavy atom. The molecular formula is C17H19N3O8. The normalized spacial score (nSPS) is 29.2. The van der Waals surface area contributed by atoms with Gasteiger partial charge in [0.05, 0.1) is 11.2 Å². The number of carboxylic acids is 1. The lowest BCUT2D eigenvalue weighted by Crippen LogP contribution is -2.61. The quantitative estimate of drug-likeness (QED) is 0.314. The Morgan fingerprint density at radius 1 is 1.14 bits per heavy atom.